The Morgan fingerprint density at radius 1 is 1.40 bits per heavy atom. The van der Waals surface area contributed by atoms with Crippen LogP contribution in [0.5, 0.6) is 5.75 Å². The number of ether oxygens (including phenoxy) is 1. The maximum atomic E-state index is 9.19. The van der Waals surface area contributed by atoms with Crippen LogP contribution in [0.15, 0.2) is 12.4 Å². The highest BCUT2D eigenvalue weighted by Crippen LogP contribution is 2.25. The third-order valence-corrected chi connectivity index (χ3v) is 1.63. The van der Waals surface area contributed by atoms with Gasteiger partial charge < -0.3 is 9.84 Å². The molecule has 1 aromatic rings. The van der Waals surface area contributed by atoms with Crippen molar-refractivity contribution in [2.45, 2.75) is 13.2 Å². The van der Waals surface area contributed by atoms with Crippen molar-refractivity contribution in [2.75, 3.05) is 0 Å². The van der Waals surface area contributed by atoms with Crippen molar-refractivity contribution in [3.63, 3.8) is 0 Å². The summed E-state index contributed by atoms with van der Waals surface area (Å²) in [5, 5.41) is 9.19. The van der Waals surface area contributed by atoms with Gasteiger partial charge in [0.25, 0.3) is 0 Å². The number of rotatable bonds is 0. The van der Waals surface area contributed by atoms with Crippen LogP contribution in [0.25, 0.3) is 0 Å². The van der Waals surface area contributed by atoms with Crippen LogP contribution in [0, 0.1) is 0 Å². The molecule has 0 atom stereocenters. The van der Waals surface area contributed by atoms with Crippen molar-refractivity contribution in [1.29, 1.82) is 0 Å². The standard InChI is InChI=1S/C7H7NO2/c9-7-2-8-1-5-3-10-4-6(5)7/h1-2,9H,3-4H2. The van der Waals surface area contributed by atoms with Gasteiger partial charge in [-0.25, -0.2) is 0 Å². The first kappa shape index (κ1) is 5.68. The summed E-state index contributed by atoms with van der Waals surface area (Å²) >= 11 is 0. The van der Waals surface area contributed by atoms with Crippen LogP contribution in [0.2, 0.25) is 0 Å². The largest absolute Gasteiger partial charge is 0.506 e. The zero-order valence-electron chi connectivity index (χ0n) is 5.37. The SMILES string of the molecule is Oc1cncc2c1COC2. The minimum atomic E-state index is 0.245. The van der Waals surface area contributed by atoms with Crippen LogP contribution in [0.3, 0.4) is 0 Å². The summed E-state index contributed by atoms with van der Waals surface area (Å²) in [5.41, 5.74) is 1.88. The van der Waals surface area contributed by atoms with E-state index < -0.39 is 0 Å². The van der Waals surface area contributed by atoms with Crippen LogP contribution < -0.4 is 0 Å². The summed E-state index contributed by atoms with van der Waals surface area (Å²) in [6.45, 7) is 1.10. The Kier molecular flexibility index (Phi) is 1.11. The Morgan fingerprint density at radius 2 is 2.30 bits per heavy atom. The molecule has 0 bridgehead atoms. The Balaban J connectivity index is 2.59. The normalized spacial score (nSPS) is 15.2. The lowest BCUT2D eigenvalue weighted by Gasteiger charge is -1.96. The Hall–Kier alpha value is -1.09. The number of hydrogen-bond donors (Lipinski definition) is 1. The quantitative estimate of drug-likeness (QED) is 0.575. The van der Waals surface area contributed by atoms with E-state index in [9.17, 15) is 5.11 Å². The van der Waals surface area contributed by atoms with E-state index in [2.05, 4.69) is 4.98 Å². The van der Waals surface area contributed by atoms with Gasteiger partial charge in [0, 0.05) is 17.3 Å². The van der Waals surface area contributed by atoms with Gasteiger partial charge in [-0.2, -0.15) is 0 Å². The van der Waals surface area contributed by atoms with Crippen molar-refractivity contribution in [3.8, 4) is 5.75 Å². The molecule has 0 radical (unpaired) electrons. The van der Waals surface area contributed by atoms with E-state index in [0.29, 0.717) is 13.2 Å². The highest BCUT2D eigenvalue weighted by molar-refractivity contribution is 5.36. The molecule has 10 heavy (non-hydrogen) atoms. The van der Waals surface area contributed by atoms with Crippen LogP contribution in [-0.2, 0) is 18.0 Å². The number of aromatic nitrogens is 1. The first-order valence-electron chi connectivity index (χ1n) is 3.10. The summed E-state index contributed by atoms with van der Waals surface area (Å²) in [6.07, 6.45) is 3.16. The van der Waals surface area contributed by atoms with Gasteiger partial charge >= 0.3 is 0 Å². The number of nitrogens with zero attached hydrogens (tertiary/aromatic N) is 1. The van der Waals surface area contributed by atoms with Crippen molar-refractivity contribution >= 4 is 0 Å². The maximum Gasteiger partial charge on any atom is 0.139 e. The Bertz CT molecular complexity index is 260. The molecule has 3 heteroatoms. The minimum Gasteiger partial charge on any atom is -0.506 e. The van der Waals surface area contributed by atoms with Gasteiger partial charge in [0.15, 0.2) is 0 Å². The third-order valence-electron chi connectivity index (χ3n) is 1.63. The van der Waals surface area contributed by atoms with Gasteiger partial charge in [0.2, 0.25) is 0 Å². The number of pyridine rings is 1. The molecule has 52 valence electrons. The fourth-order valence-corrected chi connectivity index (χ4v) is 1.07. The topological polar surface area (TPSA) is 42.4 Å². The molecule has 3 nitrogen and oxygen atoms in total. The lowest BCUT2D eigenvalue weighted by Crippen LogP contribution is -1.83. The number of fused-ring (bicyclic) bond motifs is 1. The van der Waals surface area contributed by atoms with Gasteiger partial charge in [0.05, 0.1) is 19.4 Å². The van der Waals surface area contributed by atoms with Crippen molar-refractivity contribution < 1.29 is 9.84 Å². The van der Waals surface area contributed by atoms with Crippen molar-refractivity contribution in [1.82, 2.24) is 4.98 Å². The third kappa shape index (κ3) is 0.675. The van der Waals surface area contributed by atoms with Crippen LogP contribution in [0.4, 0.5) is 0 Å². The van der Waals surface area contributed by atoms with Gasteiger partial charge in [0.1, 0.15) is 5.75 Å². The van der Waals surface area contributed by atoms with E-state index >= 15 is 0 Å². The monoisotopic (exact) mass is 137 g/mol. The molecule has 1 aliphatic heterocycles. The molecular formula is C7H7NO2. The molecule has 1 aliphatic rings. The molecule has 2 heterocycles. The maximum absolute atomic E-state index is 9.19. The molecule has 0 saturated heterocycles. The molecule has 0 saturated carbocycles. The first-order valence-corrected chi connectivity index (χ1v) is 3.10. The second-order valence-corrected chi connectivity index (χ2v) is 2.29. The van der Waals surface area contributed by atoms with Crippen LogP contribution in [0.1, 0.15) is 11.1 Å². The van der Waals surface area contributed by atoms with Gasteiger partial charge in [-0.05, 0) is 0 Å². The summed E-state index contributed by atoms with van der Waals surface area (Å²) in [5.74, 6) is 0.245. The Morgan fingerprint density at radius 3 is 3.10 bits per heavy atom. The molecular weight excluding hydrogens is 130 g/mol. The predicted octanol–water partition coefficient (Wildman–Crippen LogP) is 0.817. The molecule has 0 spiro atoms. The number of hydrogen-bond acceptors (Lipinski definition) is 3. The van der Waals surface area contributed by atoms with E-state index in [1.54, 1.807) is 6.20 Å². The van der Waals surface area contributed by atoms with Gasteiger partial charge in [-0.1, -0.05) is 0 Å². The molecule has 0 unspecified atom stereocenters. The fourth-order valence-electron chi connectivity index (χ4n) is 1.07. The minimum absolute atomic E-state index is 0.245. The van der Waals surface area contributed by atoms with Gasteiger partial charge in [-0.3, -0.25) is 4.98 Å². The zero-order chi connectivity index (χ0) is 6.97. The first-order chi connectivity index (χ1) is 4.88. The van der Waals surface area contributed by atoms with E-state index in [-0.39, 0.29) is 5.75 Å². The molecule has 2 rings (SSSR count). The number of aromatic hydroxyl groups is 1. The second kappa shape index (κ2) is 1.95. The molecule has 0 aliphatic carbocycles. The molecule has 0 aromatic carbocycles. The summed E-state index contributed by atoms with van der Waals surface area (Å²) in [6, 6.07) is 0. The molecule has 1 aromatic heterocycles. The lowest BCUT2D eigenvalue weighted by atomic mass is 10.2. The highest BCUT2D eigenvalue weighted by atomic mass is 16.5. The van der Waals surface area contributed by atoms with Crippen LogP contribution >= 0.6 is 0 Å². The summed E-state index contributed by atoms with van der Waals surface area (Å²) in [4.78, 5) is 3.83. The average molecular weight is 137 g/mol. The molecule has 0 fully saturated rings. The molecule has 1 N–H and O–H groups in total. The van der Waals surface area contributed by atoms with Gasteiger partial charge in [-0.15, -0.1) is 0 Å². The van der Waals surface area contributed by atoms with Crippen molar-refractivity contribution in [3.05, 3.63) is 23.5 Å². The fraction of sp³-hybridized carbons (Fsp3) is 0.286. The van der Waals surface area contributed by atoms with E-state index in [0.717, 1.165) is 11.1 Å². The average Bonchev–Trinajstić information content (AvgIpc) is 2.36. The van der Waals surface area contributed by atoms with Crippen molar-refractivity contribution in [2.24, 2.45) is 0 Å². The Labute approximate surface area is 58.3 Å². The van der Waals surface area contributed by atoms with E-state index in [1.165, 1.54) is 6.20 Å². The highest BCUT2D eigenvalue weighted by Gasteiger charge is 2.14. The van der Waals surface area contributed by atoms with E-state index in [1.807, 2.05) is 0 Å². The second-order valence-electron chi connectivity index (χ2n) is 2.29. The summed E-state index contributed by atoms with van der Waals surface area (Å²) in [7, 11) is 0. The zero-order valence-corrected chi connectivity index (χ0v) is 5.37. The smallest absolute Gasteiger partial charge is 0.139 e. The predicted molar refractivity (Wildman–Crippen MR) is 34.4 cm³/mol. The van der Waals surface area contributed by atoms with Crippen LogP contribution in [-0.4, -0.2) is 10.1 Å². The lowest BCUT2D eigenvalue weighted by molar-refractivity contribution is 0.133. The van der Waals surface area contributed by atoms with E-state index in [4.69, 9.17) is 4.74 Å². The molecule has 0 amide bonds. The summed E-state index contributed by atoms with van der Waals surface area (Å²) < 4.78 is 5.10.